The first-order valence-corrected chi connectivity index (χ1v) is 9.27. The van der Waals surface area contributed by atoms with Crippen LogP contribution < -0.4 is 19.9 Å². The number of anilines is 1. The van der Waals surface area contributed by atoms with E-state index in [2.05, 4.69) is 11.1 Å². The van der Waals surface area contributed by atoms with Crippen LogP contribution >= 0.6 is 0 Å². The van der Waals surface area contributed by atoms with Crippen molar-refractivity contribution in [2.24, 2.45) is 0 Å². The van der Waals surface area contributed by atoms with Crippen LogP contribution in [0.15, 0.2) is 47.3 Å². The number of methoxy groups -OCH3 is 2. The van der Waals surface area contributed by atoms with E-state index in [0.717, 1.165) is 17.5 Å². The van der Waals surface area contributed by atoms with Gasteiger partial charge in [-0.05, 0) is 36.6 Å². The maximum atomic E-state index is 12.7. The molecule has 0 saturated heterocycles. The molecule has 28 heavy (non-hydrogen) atoms. The Balaban J connectivity index is 1.56. The summed E-state index contributed by atoms with van der Waals surface area (Å²) in [6.45, 7) is 0.698. The fourth-order valence-electron chi connectivity index (χ4n) is 3.74. The van der Waals surface area contributed by atoms with Gasteiger partial charge in [-0.1, -0.05) is 18.2 Å². The van der Waals surface area contributed by atoms with Crippen LogP contribution in [0, 0.1) is 0 Å². The zero-order valence-electron chi connectivity index (χ0n) is 16.0. The maximum absolute atomic E-state index is 12.7. The van der Waals surface area contributed by atoms with E-state index in [-0.39, 0.29) is 17.9 Å². The quantitative estimate of drug-likeness (QED) is 0.741. The summed E-state index contributed by atoms with van der Waals surface area (Å²) in [7, 11) is 3.13. The van der Waals surface area contributed by atoms with E-state index in [0.29, 0.717) is 35.5 Å². The Hall–Kier alpha value is -3.28. The third-order valence-corrected chi connectivity index (χ3v) is 5.22. The lowest BCUT2D eigenvalue weighted by atomic mass is 10.1. The molecular formula is C22H22N2O4. The molecule has 1 amide bonds. The summed E-state index contributed by atoms with van der Waals surface area (Å²) in [6, 6.07) is 13.4. The molecule has 6 heteroatoms. The molecular weight excluding hydrogens is 356 g/mol. The van der Waals surface area contributed by atoms with Gasteiger partial charge in [0.2, 0.25) is 5.91 Å². The van der Waals surface area contributed by atoms with Crippen LogP contribution in [0.25, 0.3) is 10.9 Å². The minimum atomic E-state index is -0.186. The lowest BCUT2D eigenvalue weighted by Crippen LogP contribution is -2.29. The second-order valence-corrected chi connectivity index (χ2v) is 6.84. The summed E-state index contributed by atoms with van der Waals surface area (Å²) in [5, 5.41) is 0.839. The van der Waals surface area contributed by atoms with Gasteiger partial charge in [0, 0.05) is 35.7 Å². The molecule has 0 bridgehead atoms. The van der Waals surface area contributed by atoms with Crippen LogP contribution in [-0.4, -0.2) is 31.7 Å². The molecule has 2 heterocycles. The fourth-order valence-corrected chi connectivity index (χ4v) is 3.74. The minimum absolute atomic E-state index is 0.0387. The number of benzene rings is 2. The molecule has 0 radical (unpaired) electrons. The molecule has 144 valence electrons. The van der Waals surface area contributed by atoms with E-state index in [1.54, 1.807) is 20.3 Å². The number of aromatic amines is 1. The molecule has 0 fully saturated rings. The standard InChI is InChI=1S/C22H22N2O4/c1-27-19-12-16-11-15(22(26)23-17(16)13-20(19)28-2)7-8-21(25)24-10-9-14-5-3-4-6-18(14)24/h3-6,11-13H,7-10H2,1-2H3,(H,23,26). The van der Waals surface area contributed by atoms with Gasteiger partial charge in [-0.3, -0.25) is 9.59 Å². The first kappa shape index (κ1) is 18.1. The number of fused-ring (bicyclic) bond motifs is 2. The molecule has 0 unspecified atom stereocenters. The predicted molar refractivity (Wildman–Crippen MR) is 108 cm³/mol. The minimum Gasteiger partial charge on any atom is -0.493 e. The van der Waals surface area contributed by atoms with Gasteiger partial charge in [-0.25, -0.2) is 0 Å². The average Bonchev–Trinajstić information content (AvgIpc) is 3.15. The number of amides is 1. The number of ether oxygens (including phenoxy) is 2. The summed E-state index contributed by atoms with van der Waals surface area (Å²) in [6.07, 6.45) is 1.55. The summed E-state index contributed by atoms with van der Waals surface area (Å²) in [5.41, 5.74) is 3.25. The second-order valence-electron chi connectivity index (χ2n) is 6.84. The number of nitrogens with zero attached hydrogens (tertiary/aromatic N) is 1. The van der Waals surface area contributed by atoms with Crippen molar-refractivity contribution in [3.63, 3.8) is 0 Å². The molecule has 1 N–H and O–H groups in total. The Morgan fingerprint density at radius 1 is 1.11 bits per heavy atom. The van der Waals surface area contributed by atoms with E-state index >= 15 is 0 Å². The van der Waals surface area contributed by atoms with E-state index in [9.17, 15) is 9.59 Å². The Bertz CT molecular complexity index is 1100. The van der Waals surface area contributed by atoms with Crippen LogP contribution in [0.4, 0.5) is 5.69 Å². The molecule has 1 aliphatic heterocycles. The zero-order valence-corrected chi connectivity index (χ0v) is 16.0. The third kappa shape index (κ3) is 3.22. The highest BCUT2D eigenvalue weighted by molar-refractivity contribution is 5.95. The highest BCUT2D eigenvalue weighted by Gasteiger charge is 2.24. The number of aryl methyl sites for hydroxylation is 1. The van der Waals surface area contributed by atoms with Crippen molar-refractivity contribution in [1.29, 1.82) is 0 Å². The molecule has 2 aromatic carbocycles. The van der Waals surface area contributed by atoms with Crippen LogP contribution in [0.1, 0.15) is 17.5 Å². The van der Waals surface area contributed by atoms with Crippen molar-refractivity contribution in [1.82, 2.24) is 4.98 Å². The summed E-state index contributed by atoms with van der Waals surface area (Å²) >= 11 is 0. The largest absolute Gasteiger partial charge is 0.493 e. The van der Waals surface area contributed by atoms with Crippen molar-refractivity contribution in [2.75, 3.05) is 25.7 Å². The summed E-state index contributed by atoms with van der Waals surface area (Å²) < 4.78 is 10.6. The number of carbonyl (C=O) groups excluding carboxylic acids is 1. The highest BCUT2D eigenvalue weighted by atomic mass is 16.5. The van der Waals surface area contributed by atoms with Crippen molar-refractivity contribution in [3.05, 3.63) is 63.9 Å². The number of carbonyl (C=O) groups is 1. The summed E-state index contributed by atoms with van der Waals surface area (Å²) in [5.74, 6) is 1.19. The monoisotopic (exact) mass is 378 g/mol. The fraction of sp³-hybridized carbons (Fsp3) is 0.273. The molecule has 1 aromatic heterocycles. The number of para-hydroxylation sites is 1. The number of H-pyrrole nitrogens is 1. The van der Waals surface area contributed by atoms with Gasteiger partial charge in [0.25, 0.3) is 5.56 Å². The molecule has 3 aromatic rings. The third-order valence-electron chi connectivity index (χ3n) is 5.22. The number of hydrogen-bond acceptors (Lipinski definition) is 4. The number of aromatic nitrogens is 1. The summed E-state index contributed by atoms with van der Waals surface area (Å²) in [4.78, 5) is 29.9. The number of rotatable bonds is 5. The van der Waals surface area contributed by atoms with E-state index < -0.39 is 0 Å². The molecule has 6 nitrogen and oxygen atoms in total. The van der Waals surface area contributed by atoms with Crippen molar-refractivity contribution in [3.8, 4) is 11.5 Å². The van der Waals surface area contributed by atoms with Crippen molar-refractivity contribution in [2.45, 2.75) is 19.3 Å². The van der Waals surface area contributed by atoms with Gasteiger partial charge in [-0.15, -0.1) is 0 Å². The van der Waals surface area contributed by atoms with Gasteiger partial charge in [0.05, 0.1) is 19.7 Å². The highest BCUT2D eigenvalue weighted by Crippen LogP contribution is 2.31. The van der Waals surface area contributed by atoms with Gasteiger partial charge in [0.15, 0.2) is 11.5 Å². The van der Waals surface area contributed by atoms with Crippen LogP contribution in [0.3, 0.4) is 0 Å². The van der Waals surface area contributed by atoms with Gasteiger partial charge < -0.3 is 19.4 Å². The second kappa shape index (κ2) is 7.38. The average molecular weight is 378 g/mol. The first-order chi connectivity index (χ1) is 13.6. The van der Waals surface area contributed by atoms with Crippen LogP contribution in [0.2, 0.25) is 0 Å². The lowest BCUT2D eigenvalue weighted by Gasteiger charge is -2.17. The molecule has 1 aliphatic rings. The molecule has 0 saturated carbocycles. The van der Waals surface area contributed by atoms with Crippen LogP contribution in [0.5, 0.6) is 11.5 Å². The van der Waals surface area contributed by atoms with Gasteiger partial charge in [0.1, 0.15) is 0 Å². The van der Waals surface area contributed by atoms with Gasteiger partial charge >= 0.3 is 0 Å². The smallest absolute Gasteiger partial charge is 0.251 e. The molecule has 4 rings (SSSR count). The maximum Gasteiger partial charge on any atom is 0.251 e. The molecule has 0 spiro atoms. The van der Waals surface area contributed by atoms with E-state index in [1.165, 1.54) is 5.56 Å². The van der Waals surface area contributed by atoms with E-state index in [1.807, 2.05) is 35.2 Å². The predicted octanol–water partition coefficient (Wildman–Crippen LogP) is 3.07. The van der Waals surface area contributed by atoms with Crippen molar-refractivity contribution >= 4 is 22.5 Å². The Kier molecular flexibility index (Phi) is 4.77. The normalized spacial score (nSPS) is 12.9. The number of nitrogens with one attached hydrogen (secondary N) is 1. The Morgan fingerprint density at radius 2 is 1.86 bits per heavy atom. The first-order valence-electron chi connectivity index (χ1n) is 9.27. The van der Waals surface area contributed by atoms with Crippen LogP contribution in [-0.2, 0) is 17.6 Å². The topological polar surface area (TPSA) is 71.6 Å². The Morgan fingerprint density at radius 3 is 2.64 bits per heavy atom. The number of pyridine rings is 1. The van der Waals surface area contributed by atoms with Gasteiger partial charge in [-0.2, -0.15) is 0 Å². The number of hydrogen-bond donors (Lipinski definition) is 1. The van der Waals surface area contributed by atoms with Crippen molar-refractivity contribution < 1.29 is 14.3 Å². The SMILES string of the molecule is COc1cc2cc(CCC(=O)N3CCc4ccccc43)c(=O)[nH]c2cc1OC. The molecule has 0 aliphatic carbocycles. The molecule has 0 atom stereocenters. The zero-order chi connectivity index (χ0) is 19.7. The lowest BCUT2D eigenvalue weighted by molar-refractivity contribution is -0.118. The van der Waals surface area contributed by atoms with E-state index in [4.69, 9.17) is 9.47 Å². The Labute approximate surface area is 162 Å².